The van der Waals surface area contributed by atoms with E-state index in [-0.39, 0.29) is 38.8 Å². The number of aryl methyl sites for hydroxylation is 2. The smallest absolute Gasteiger partial charge is 0.0532 e. The first-order chi connectivity index (χ1) is 5.59. The molecule has 13 heavy (non-hydrogen) atoms. The molecule has 1 aromatic rings. The van der Waals surface area contributed by atoms with E-state index in [1.54, 1.807) is 6.92 Å². The Hall–Kier alpha value is 0.284. The maximum Gasteiger partial charge on any atom is 0.0532 e. The maximum atomic E-state index is 9.15. The SMILES string of the molecule is Cc1[c-]c(CC(C)O)ccc1C.[Y]. The van der Waals surface area contributed by atoms with Gasteiger partial charge in [0.25, 0.3) is 0 Å². The fraction of sp³-hybridized carbons (Fsp3) is 0.455. The number of benzene rings is 1. The molecule has 1 N–H and O–H groups in total. The van der Waals surface area contributed by atoms with Gasteiger partial charge in [-0.05, 0) is 13.3 Å². The van der Waals surface area contributed by atoms with Crippen molar-refractivity contribution in [3.8, 4) is 0 Å². The summed E-state index contributed by atoms with van der Waals surface area (Å²) in [6.07, 6.45) is 0.421. The minimum Gasteiger partial charge on any atom is -0.393 e. The van der Waals surface area contributed by atoms with Gasteiger partial charge >= 0.3 is 0 Å². The van der Waals surface area contributed by atoms with Crippen molar-refractivity contribution < 1.29 is 37.8 Å². The molecule has 1 nitrogen and oxygen atoms in total. The molecule has 0 fully saturated rings. The van der Waals surface area contributed by atoms with Crippen LogP contribution in [0.5, 0.6) is 0 Å². The van der Waals surface area contributed by atoms with Crippen LogP contribution in [-0.4, -0.2) is 11.2 Å². The molecule has 0 spiro atoms. The molecule has 0 bridgehead atoms. The Balaban J connectivity index is 0.00000144. The van der Waals surface area contributed by atoms with E-state index in [0.29, 0.717) is 6.42 Å². The zero-order valence-corrected chi connectivity index (χ0v) is 11.3. The molecular weight excluding hydrogens is 237 g/mol. The average Bonchev–Trinajstić information content (AvgIpc) is 1.96. The van der Waals surface area contributed by atoms with Gasteiger partial charge in [-0.25, -0.2) is 0 Å². The fourth-order valence-electron chi connectivity index (χ4n) is 1.17. The predicted molar refractivity (Wildman–Crippen MR) is 50.1 cm³/mol. The summed E-state index contributed by atoms with van der Waals surface area (Å²) in [4.78, 5) is 0. The van der Waals surface area contributed by atoms with Crippen LogP contribution in [0.2, 0.25) is 0 Å². The van der Waals surface area contributed by atoms with E-state index in [0.717, 1.165) is 5.56 Å². The van der Waals surface area contributed by atoms with E-state index >= 15 is 0 Å². The third-order valence-corrected chi connectivity index (χ3v) is 1.99. The third kappa shape index (κ3) is 4.35. The first-order valence-corrected chi connectivity index (χ1v) is 4.26. The van der Waals surface area contributed by atoms with Crippen molar-refractivity contribution >= 4 is 0 Å². The molecule has 0 aromatic heterocycles. The number of hydrogen-bond acceptors (Lipinski definition) is 1. The Labute approximate surface area is 105 Å². The maximum absolute atomic E-state index is 9.15. The van der Waals surface area contributed by atoms with E-state index in [9.17, 15) is 0 Å². The monoisotopic (exact) mass is 252 g/mol. The molecule has 2 heteroatoms. The van der Waals surface area contributed by atoms with Crippen LogP contribution < -0.4 is 0 Å². The molecule has 0 saturated heterocycles. The average molecular weight is 252 g/mol. The van der Waals surface area contributed by atoms with Gasteiger partial charge in [0.15, 0.2) is 0 Å². The van der Waals surface area contributed by atoms with Crippen molar-refractivity contribution in [1.29, 1.82) is 0 Å². The van der Waals surface area contributed by atoms with Crippen LogP contribution >= 0.6 is 0 Å². The van der Waals surface area contributed by atoms with Crippen LogP contribution in [0.1, 0.15) is 23.6 Å². The van der Waals surface area contributed by atoms with Gasteiger partial charge in [-0.1, -0.05) is 13.8 Å². The third-order valence-electron chi connectivity index (χ3n) is 1.99. The first kappa shape index (κ1) is 13.3. The van der Waals surface area contributed by atoms with Crippen LogP contribution in [0, 0.1) is 19.9 Å². The Kier molecular flexibility index (Phi) is 6.03. The number of aliphatic hydroxyl groups excluding tert-OH is 1. The van der Waals surface area contributed by atoms with Crippen molar-refractivity contribution in [1.82, 2.24) is 0 Å². The molecule has 1 aromatic carbocycles. The first-order valence-electron chi connectivity index (χ1n) is 4.26. The van der Waals surface area contributed by atoms with Gasteiger partial charge in [0.1, 0.15) is 0 Å². The zero-order valence-electron chi connectivity index (χ0n) is 8.46. The molecule has 0 heterocycles. The standard InChI is InChI=1S/C11H15O.Y/c1-8-4-5-11(6-9(8)2)7-10(3)12;/h4-5,10,12H,7H2,1-3H3;/q-1;. The summed E-state index contributed by atoms with van der Waals surface area (Å²) in [5.74, 6) is 0. The summed E-state index contributed by atoms with van der Waals surface area (Å²) in [5.41, 5.74) is 3.52. The largest absolute Gasteiger partial charge is 0.393 e. The molecule has 1 radical (unpaired) electrons. The summed E-state index contributed by atoms with van der Waals surface area (Å²) in [6.45, 7) is 5.90. The molecule has 0 saturated carbocycles. The molecule has 0 aliphatic carbocycles. The second kappa shape index (κ2) is 5.90. The molecule has 1 unspecified atom stereocenters. The Morgan fingerprint density at radius 2 is 2.00 bits per heavy atom. The normalized spacial score (nSPS) is 12.0. The summed E-state index contributed by atoms with van der Waals surface area (Å²) in [5, 5.41) is 9.15. The summed E-state index contributed by atoms with van der Waals surface area (Å²) >= 11 is 0. The molecule has 0 aliphatic heterocycles. The quantitative estimate of drug-likeness (QED) is 0.798. The van der Waals surface area contributed by atoms with Crippen molar-refractivity contribution in [3.05, 3.63) is 34.9 Å². The molecule has 1 rings (SSSR count). The fourth-order valence-corrected chi connectivity index (χ4v) is 1.17. The van der Waals surface area contributed by atoms with Crippen LogP contribution in [0.15, 0.2) is 12.1 Å². The predicted octanol–water partition coefficient (Wildman–Crippen LogP) is 2.02. The van der Waals surface area contributed by atoms with Gasteiger partial charge in [0, 0.05) is 32.7 Å². The summed E-state index contributed by atoms with van der Waals surface area (Å²) in [7, 11) is 0. The summed E-state index contributed by atoms with van der Waals surface area (Å²) in [6, 6.07) is 7.34. The molecular formula is C11H15OY-. The Morgan fingerprint density at radius 1 is 1.38 bits per heavy atom. The number of rotatable bonds is 2. The van der Waals surface area contributed by atoms with E-state index in [4.69, 9.17) is 5.11 Å². The number of aliphatic hydroxyl groups is 1. The van der Waals surface area contributed by atoms with Gasteiger partial charge in [-0.2, -0.15) is 34.9 Å². The van der Waals surface area contributed by atoms with Gasteiger partial charge in [-0.3, -0.25) is 0 Å². The van der Waals surface area contributed by atoms with Crippen LogP contribution in [0.3, 0.4) is 0 Å². The van der Waals surface area contributed by atoms with E-state index in [1.165, 1.54) is 11.1 Å². The topological polar surface area (TPSA) is 20.2 Å². The molecule has 0 aliphatic rings. The van der Waals surface area contributed by atoms with Crippen LogP contribution in [-0.2, 0) is 39.1 Å². The van der Waals surface area contributed by atoms with Crippen LogP contribution in [0.4, 0.5) is 0 Å². The minimum atomic E-state index is -0.275. The minimum absolute atomic E-state index is 0. The van der Waals surface area contributed by atoms with Crippen LogP contribution in [0.25, 0.3) is 0 Å². The van der Waals surface area contributed by atoms with Gasteiger partial charge in [-0.15, -0.1) is 0 Å². The Morgan fingerprint density at radius 3 is 2.46 bits per heavy atom. The van der Waals surface area contributed by atoms with Crippen molar-refractivity contribution in [3.63, 3.8) is 0 Å². The van der Waals surface area contributed by atoms with E-state index < -0.39 is 0 Å². The summed E-state index contributed by atoms with van der Waals surface area (Å²) < 4.78 is 0. The second-order valence-electron chi connectivity index (χ2n) is 3.34. The molecule has 0 amide bonds. The van der Waals surface area contributed by atoms with Crippen molar-refractivity contribution in [2.45, 2.75) is 33.3 Å². The Bertz CT molecular complexity index is 269. The van der Waals surface area contributed by atoms with Crippen molar-refractivity contribution in [2.75, 3.05) is 0 Å². The number of hydrogen-bond donors (Lipinski definition) is 1. The molecule has 69 valence electrons. The zero-order chi connectivity index (χ0) is 9.14. The second-order valence-corrected chi connectivity index (χ2v) is 3.34. The van der Waals surface area contributed by atoms with Gasteiger partial charge in [0.2, 0.25) is 0 Å². The van der Waals surface area contributed by atoms with E-state index in [2.05, 4.69) is 19.1 Å². The van der Waals surface area contributed by atoms with E-state index in [1.807, 2.05) is 13.0 Å². The molecule has 1 atom stereocenters. The van der Waals surface area contributed by atoms with Gasteiger partial charge < -0.3 is 5.11 Å². The van der Waals surface area contributed by atoms with Crippen molar-refractivity contribution in [2.24, 2.45) is 0 Å². The van der Waals surface area contributed by atoms with Gasteiger partial charge in [0.05, 0.1) is 6.10 Å².